The molecule has 0 amide bonds. The Labute approximate surface area is 127 Å². The summed E-state index contributed by atoms with van der Waals surface area (Å²) < 4.78 is 0. The van der Waals surface area contributed by atoms with Gasteiger partial charge in [0.25, 0.3) is 0 Å². The molecule has 0 spiro atoms. The summed E-state index contributed by atoms with van der Waals surface area (Å²) >= 11 is 5.33. The fourth-order valence-corrected chi connectivity index (χ4v) is 0. The average Bonchev–Trinajstić information content (AvgIpc) is 0.918. The molecule has 0 saturated heterocycles. The van der Waals surface area contributed by atoms with Crippen LogP contribution >= 0.6 is 7.61 Å². The van der Waals surface area contributed by atoms with Crippen molar-refractivity contribution >= 4 is 82.0 Å². The minimum absolute atomic E-state index is 0. The molecule has 1 radical (unpaired) electrons. The van der Waals surface area contributed by atoms with E-state index in [1.54, 1.807) is 0 Å². The van der Waals surface area contributed by atoms with Gasteiger partial charge in [-0.25, -0.2) is 0 Å². The van der Waals surface area contributed by atoms with Gasteiger partial charge in [-0.05, 0) is 0 Å². The van der Waals surface area contributed by atoms with E-state index in [1.165, 1.54) is 7.61 Å². The molecule has 43 valence electrons. The monoisotopic (exact) mass is 469 g/mol. The summed E-state index contributed by atoms with van der Waals surface area (Å²) in [5.41, 5.74) is 0. The predicted octanol–water partition coefficient (Wildman–Crippen LogP) is -5.37. The first-order valence-electron chi connectivity index (χ1n) is 0.333. The van der Waals surface area contributed by atoms with Crippen molar-refractivity contribution in [2.24, 2.45) is 0 Å². The summed E-state index contributed by atoms with van der Waals surface area (Å²) in [4.78, 5) is 0. The van der Waals surface area contributed by atoms with Gasteiger partial charge in [-0.2, -0.15) is 0 Å². The quantitative estimate of drug-likeness (QED) is 0.312. The molecule has 7 heteroatoms. The van der Waals surface area contributed by atoms with Crippen molar-refractivity contribution in [2.45, 2.75) is 0 Å². The topological polar surface area (TPSA) is 0 Å². The third-order valence-electron chi connectivity index (χ3n) is 0. The van der Waals surface area contributed by atoms with Gasteiger partial charge in [-0.1, -0.05) is 0 Å². The SMILES string of the molecule is [Cu].[GaH3].[H-].[InH3].[Na+].[Se]=S=[Se]. The van der Waals surface area contributed by atoms with E-state index in [4.69, 9.17) is 0 Å². The van der Waals surface area contributed by atoms with Crippen LogP contribution in [0.25, 0.3) is 0 Å². The number of rotatable bonds is 0. The molecule has 0 aromatic carbocycles. The molecule has 0 aromatic heterocycles. The second-order valence-electron chi connectivity index (χ2n) is 0.0680. The molecule has 0 rings (SSSR count). The van der Waals surface area contributed by atoms with E-state index in [9.17, 15) is 0 Å². The Balaban J connectivity index is -0.00000000200. The van der Waals surface area contributed by atoms with Crippen molar-refractivity contribution in [2.75, 3.05) is 0 Å². The molecule has 0 N–H and O–H groups in total. The van der Waals surface area contributed by atoms with Gasteiger partial charge in [-0.15, -0.1) is 0 Å². The van der Waals surface area contributed by atoms with E-state index in [2.05, 4.69) is 28.8 Å². The van der Waals surface area contributed by atoms with Gasteiger partial charge in [0.05, 0.1) is 0 Å². The molecule has 0 heterocycles. The molecule has 0 aliphatic rings. The van der Waals surface area contributed by atoms with Gasteiger partial charge in [0, 0.05) is 17.1 Å². The molecule has 0 atom stereocenters. The van der Waals surface area contributed by atoms with Crippen molar-refractivity contribution in [3.8, 4) is 0 Å². The van der Waals surface area contributed by atoms with Crippen LogP contribution in [0.3, 0.4) is 0 Å². The summed E-state index contributed by atoms with van der Waals surface area (Å²) in [5.74, 6) is 0. The summed E-state index contributed by atoms with van der Waals surface area (Å²) in [6, 6.07) is 0. The number of hydrogen-bond acceptors (Lipinski definition) is 0. The van der Waals surface area contributed by atoms with Crippen LogP contribution in [-0.2, 0) is 17.1 Å². The van der Waals surface area contributed by atoms with Gasteiger partial charge in [-0.3, -0.25) is 0 Å². The van der Waals surface area contributed by atoms with E-state index in [-0.39, 0.29) is 93.7 Å². The summed E-state index contributed by atoms with van der Waals surface area (Å²) in [6.45, 7) is 0. The molecular weight excluding hydrogens is 461 g/mol. The molecule has 0 unspecified atom stereocenters. The van der Waals surface area contributed by atoms with Crippen molar-refractivity contribution in [1.82, 2.24) is 0 Å². The van der Waals surface area contributed by atoms with Gasteiger partial charge < -0.3 is 1.43 Å². The molecule has 7 heavy (non-hydrogen) atoms. The van der Waals surface area contributed by atoms with Gasteiger partial charge in [0.2, 0.25) is 0 Å². The normalized spacial score (nSPS) is 1.71. The van der Waals surface area contributed by atoms with Crippen molar-refractivity contribution in [3.63, 3.8) is 0 Å². The average molecular weight is 468 g/mol. The van der Waals surface area contributed by atoms with Crippen LogP contribution in [0, 0.1) is 0 Å². The predicted molar refractivity (Wildman–Crippen MR) is 40.1 cm³/mol. The van der Waals surface area contributed by atoms with Crippen molar-refractivity contribution in [3.05, 3.63) is 0 Å². The van der Waals surface area contributed by atoms with E-state index < -0.39 is 0 Å². The van der Waals surface area contributed by atoms with Crippen LogP contribution in [-0.4, -0.2) is 74.4 Å². The zero-order valence-corrected chi connectivity index (χ0v) is 9.71. The van der Waals surface area contributed by atoms with E-state index >= 15 is 0 Å². The van der Waals surface area contributed by atoms with E-state index in [1.807, 2.05) is 0 Å². The molecule has 0 saturated carbocycles. The molecule has 0 aliphatic carbocycles. The summed E-state index contributed by atoms with van der Waals surface area (Å²) in [7, 11) is 1.50. The van der Waals surface area contributed by atoms with Crippen LogP contribution in [0.5, 0.6) is 0 Å². The molecule has 0 nitrogen and oxygen atoms in total. The first kappa shape index (κ1) is 30.2. The fourth-order valence-electron chi connectivity index (χ4n) is 0. The van der Waals surface area contributed by atoms with E-state index in [0.717, 1.165) is 0 Å². The fraction of sp³-hybridized carbons (Fsp3) is 0. The van der Waals surface area contributed by atoms with E-state index in [0.29, 0.717) is 0 Å². The molecular formula is H7CuGaInNaSSe2. The second kappa shape index (κ2) is 31.7. The third kappa shape index (κ3) is 38.4. The first-order valence-corrected chi connectivity index (χ1v) is 5.20. The Morgan fingerprint density at radius 1 is 1.29 bits per heavy atom. The Bertz CT molecular complexity index is 43.0. The van der Waals surface area contributed by atoms with Crippen LogP contribution in [0.4, 0.5) is 0 Å². The first-order chi connectivity index (χ1) is 1.41. The van der Waals surface area contributed by atoms with Crippen LogP contribution in [0.2, 0.25) is 0 Å². The summed E-state index contributed by atoms with van der Waals surface area (Å²) in [6.07, 6.45) is 0. The minimum atomic E-state index is 0. The van der Waals surface area contributed by atoms with Crippen LogP contribution in [0.1, 0.15) is 1.43 Å². The van der Waals surface area contributed by atoms with Crippen molar-refractivity contribution < 1.29 is 48.1 Å². The van der Waals surface area contributed by atoms with Crippen LogP contribution < -0.4 is 29.6 Å². The van der Waals surface area contributed by atoms with Crippen LogP contribution in [0.15, 0.2) is 0 Å². The van der Waals surface area contributed by atoms with Gasteiger partial charge >= 0.3 is 112 Å². The number of hydrogen-bond donors (Lipinski definition) is 0. The maximum atomic E-state index is 2.67. The molecule has 0 aromatic rings. The molecule has 0 bridgehead atoms. The third-order valence-corrected chi connectivity index (χ3v) is 0. The molecule has 0 aliphatic heterocycles. The van der Waals surface area contributed by atoms with Crippen molar-refractivity contribution in [1.29, 1.82) is 0 Å². The zero-order chi connectivity index (χ0) is 2.71. The van der Waals surface area contributed by atoms with Gasteiger partial charge in [0.1, 0.15) is 0 Å². The standard InChI is InChI=1S/Cu.Ga.In.Na.SSe2.7H/c;;;;2-1-3;;;;;;;/q;;;+1;;;;;;;;-1. The second-order valence-corrected chi connectivity index (χ2v) is 5.51. The maximum absolute atomic E-state index is 2.67. The Morgan fingerprint density at radius 3 is 1.29 bits per heavy atom. The zero-order valence-electron chi connectivity index (χ0n) is 3.53. The Morgan fingerprint density at radius 2 is 1.29 bits per heavy atom. The Hall–Kier alpha value is 4.28. The molecule has 0 fully saturated rings. The summed E-state index contributed by atoms with van der Waals surface area (Å²) in [5, 5.41) is 0. The van der Waals surface area contributed by atoms with Gasteiger partial charge in [0.15, 0.2) is 0 Å². The Kier molecular flexibility index (Phi) is 137.